The van der Waals surface area contributed by atoms with Crippen molar-refractivity contribution in [2.45, 2.75) is 26.4 Å². The second kappa shape index (κ2) is 6.08. The molecule has 3 N–H and O–H groups in total. The molecule has 3 rings (SSSR count). The van der Waals surface area contributed by atoms with Gasteiger partial charge in [0.1, 0.15) is 12.4 Å². The quantitative estimate of drug-likeness (QED) is 0.892. The van der Waals surface area contributed by atoms with Crippen molar-refractivity contribution in [1.82, 2.24) is 4.98 Å². The number of nitrogens with two attached hydrogens (primary N) is 1. The molecular weight excluding hydrogens is 320 g/mol. The molecule has 7 heteroatoms. The highest BCUT2D eigenvalue weighted by Crippen LogP contribution is 2.36. The number of anilines is 3. The minimum absolute atomic E-state index is 0.178. The lowest BCUT2D eigenvalue weighted by atomic mass is 10.1. The number of nitrogen functional groups attached to an aromatic ring is 1. The third kappa shape index (κ3) is 3.40. The van der Waals surface area contributed by atoms with E-state index in [2.05, 4.69) is 10.3 Å². The van der Waals surface area contributed by atoms with Gasteiger partial charge in [-0.1, -0.05) is 17.7 Å². The zero-order valence-corrected chi connectivity index (χ0v) is 14.4. The van der Waals surface area contributed by atoms with Crippen LogP contribution in [0.5, 0.6) is 5.75 Å². The van der Waals surface area contributed by atoms with Crippen LogP contribution in [0, 0.1) is 6.92 Å². The number of pyridine rings is 1. The first-order chi connectivity index (χ1) is 11.8. The lowest BCUT2D eigenvalue weighted by Crippen LogP contribution is -2.54. The Morgan fingerprint density at radius 2 is 1.92 bits per heavy atom. The van der Waals surface area contributed by atoms with E-state index in [0.717, 1.165) is 5.56 Å². The second-order valence-corrected chi connectivity index (χ2v) is 6.48. The van der Waals surface area contributed by atoms with Crippen molar-refractivity contribution in [3.05, 3.63) is 42.0 Å². The van der Waals surface area contributed by atoms with E-state index < -0.39 is 5.60 Å². The third-order valence-corrected chi connectivity index (χ3v) is 3.88. The first kappa shape index (κ1) is 16.8. The molecule has 0 radical (unpaired) electrons. The van der Waals surface area contributed by atoms with Gasteiger partial charge in [-0.15, -0.1) is 0 Å². The summed E-state index contributed by atoms with van der Waals surface area (Å²) in [6.45, 7) is 5.09. The van der Waals surface area contributed by atoms with Gasteiger partial charge >= 0.3 is 0 Å². The number of carbonyl (C=O) groups excluding carboxylic acids is 2. The number of aromatic nitrogens is 1. The smallest absolute Gasteiger partial charge is 0.272 e. The highest BCUT2D eigenvalue weighted by molar-refractivity contribution is 6.07. The lowest BCUT2D eigenvalue weighted by molar-refractivity contribution is -0.133. The molecule has 0 atom stereocenters. The van der Waals surface area contributed by atoms with Crippen LogP contribution >= 0.6 is 0 Å². The number of amides is 2. The van der Waals surface area contributed by atoms with Crippen molar-refractivity contribution < 1.29 is 14.3 Å². The van der Waals surface area contributed by atoms with Gasteiger partial charge < -0.3 is 15.8 Å². The van der Waals surface area contributed by atoms with Gasteiger partial charge in [0.25, 0.3) is 5.91 Å². The molecule has 25 heavy (non-hydrogen) atoms. The number of nitrogens with one attached hydrogen (secondary N) is 1. The van der Waals surface area contributed by atoms with E-state index in [0.29, 0.717) is 11.4 Å². The van der Waals surface area contributed by atoms with Crippen molar-refractivity contribution >= 4 is 29.1 Å². The molecule has 7 nitrogen and oxygen atoms in total. The Morgan fingerprint density at radius 3 is 2.60 bits per heavy atom. The Morgan fingerprint density at radius 1 is 1.24 bits per heavy atom. The second-order valence-electron chi connectivity index (χ2n) is 6.48. The first-order valence-electron chi connectivity index (χ1n) is 7.90. The average molecular weight is 340 g/mol. The molecular formula is C18H20N4O3. The van der Waals surface area contributed by atoms with Gasteiger partial charge in [0.05, 0.1) is 0 Å². The summed E-state index contributed by atoms with van der Waals surface area (Å²) in [5.41, 5.74) is 6.39. The maximum absolute atomic E-state index is 12.7. The van der Waals surface area contributed by atoms with E-state index in [-0.39, 0.29) is 30.0 Å². The van der Waals surface area contributed by atoms with Crippen LogP contribution in [0.4, 0.5) is 17.3 Å². The monoisotopic (exact) mass is 340 g/mol. The molecule has 0 saturated carbocycles. The van der Waals surface area contributed by atoms with Gasteiger partial charge in [-0.05, 0) is 45.0 Å². The Kier molecular flexibility index (Phi) is 4.08. The van der Waals surface area contributed by atoms with Gasteiger partial charge in [0.15, 0.2) is 17.2 Å². The molecule has 130 valence electrons. The minimum Gasteiger partial charge on any atom is -0.474 e. The number of nitrogens with zero attached hydrogens (tertiary/aromatic N) is 2. The fourth-order valence-electron chi connectivity index (χ4n) is 2.59. The molecule has 1 aromatic heterocycles. The van der Waals surface area contributed by atoms with Crippen molar-refractivity contribution in [2.75, 3.05) is 22.5 Å². The van der Waals surface area contributed by atoms with Crippen LogP contribution in [0.2, 0.25) is 0 Å². The predicted octanol–water partition coefficient (Wildman–Crippen LogP) is 2.11. The molecule has 0 unspecified atom stereocenters. The van der Waals surface area contributed by atoms with Crippen molar-refractivity contribution in [3.8, 4) is 5.75 Å². The van der Waals surface area contributed by atoms with Crippen LogP contribution < -0.4 is 20.7 Å². The summed E-state index contributed by atoms with van der Waals surface area (Å²) in [6, 6.07) is 10.7. The summed E-state index contributed by atoms with van der Waals surface area (Å²) in [7, 11) is 0. The summed E-state index contributed by atoms with van der Waals surface area (Å²) >= 11 is 0. The third-order valence-electron chi connectivity index (χ3n) is 3.88. The molecule has 2 aromatic rings. The molecule has 0 aliphatic carbocycles. The number of fused-ring (bicyclic) bond motifs is 1. The van der Waals surface area contributed by atoms with E-state index in [9.17, 15) is 9.59 Å². The number of benzene rings is 1. The van der Waals surface area contributed by atoms with Gasteiger partial charge in [-0.25, -0.2) is 4.98 Å². The largest absolute Gasteiger partial charge is 0.474 e. The first-order valence-corrected chi connectivity index (χ1v) is 7.90. The normalized spacial score (nSPS) is 15.3. The van der Waals surface area contributed by atoms with E-state index in [1.54, 1.807) is 26.0 Å². The van der Waals surface area contributed by atoms with Crippen molar-refractivity contribution in [1.29, 1.82) is 0 Å². The van der Waals surface area contributed by atoms with Gasteiger partial charge in [0, 0.05) is 5.69 Å². The fourth-order valence-corrected chi connectivity index (χ4v) is 2.59. The Labute approximate surface area is 145 Å². The Balaban J connectivity index is 1.85. The SMILES string of the molecule is Cc1ccc(NC(=O)CN2C(=O)C(C)(C)Oc3ccc(N)nc32)cc1. The summed E-state index contributed by atoms with van der Waals surface area (Å²) in [4.78, 5) is 30.6. The minimum atomic E-state index is -1.09. The molecule has 1 aromatic carbocycles. The molecule has 0 spiro atoms. The van der Waals surface area contributed by atoms with E-state index >= 15 is 0 Å². The molecule has 1 aliphatic heterocycles. The Hall–Kier alpha value is -3.09. The van der Waals surface area contributed by atoms with Crippen LogP contribution in [0.1, 0.15) is 19.4 Å². The highest BCUT2D eigenvalue weighted by Gasteiger charge is 2.42. The number of rotatable bonds is 3. The number of carbonyl (C=O) groups is 2. The van der Waals surface area contributed by atoms with Crippen LogP contribution in [0.15, 0.2) is 36.4 Å². The van der Waals surface area contributed by atoms with E-state index in [1.165, 1.54) is 4.90 Å². The molecule has 0 saturated heterocycles. The summed E-state index contributed by atoms with van der Waals surface area (Å²) in [5.74, 6) is 0.242. The highest BCUT2D eigenvalue weighted by atomic mass is 16.5. The van der Waals surface area contributed by atoms with Gasteiger partial charge in [0.2, 0.25) is 5.91 Å². The number of ether oxygens (including phenoxy) is 1. The average Bonchev–Trinajstić information content (AvgIpc) is 2.55. The van der Waals surface area contributed by atoms with Crippen LogP contribution in [-0.4, -0.2) is 28.9 Å². The molecule has 2 heterocycles. The van der Waals surface area contributed by atoms with Crippen LogP contribution in [0.3, 0.4) is 0 Å². The van der Waals surface area contributed by atoms with Gasteiger partial charge in [-0.2, -0.15) is 0 Å². The number of aryl methyl sites for hydroxylation is 1. The fraction of sp³-hybridized carbons (Fsp3) is 0.278. The molecule has 2 amide bonds. The maximum Gasteiger partial charge on any atom is 0.272 e. The van der Waals surface area contributed by atoms with E-state index in [1.807, 2.05) is 31.2 Å². The number of hydrogen-bond donors (Lipinski definition) is 2. The molecule has 1 aliphatic rings. The predicted molar refractivity (Wildman–Crippen MR) is 95.5 cm³/mol. The van der Waals surface area contributed by atoms with Crippen molar-refractivity contribution in [2.24, 2.45) is 0 Å². The Bertz CT molecular complexity index is 831. The standard InChI is InChI=1S/C18H20N4O3/c1-11-4-6-12(7-5-11)20-15(23)10-22-16-13(8-9-14(19)21-16)25-18(2,3)17(22)24/h4-9H,10H2,1-3H3,(H2,19,21)(H,20,23). The summed E-state index contributed by atoms with van der Waals surface area (Å²) < 4.78 is 5.69. The summed E-state index contributed by atoms with van der Waals surface area (Å²) in [5, 5.41) is 2.78. The van der Waals surface area contributed by atoms with Crippen LogP contribution in [0.25, 0.3) is 0 Å². The summed E-state index contributed by atoms with van der Waals surface area (Å²) in [6.07, 6.45) is 0. The zero-order chi connectivity index (χ0) is 18.2. The molecule has 0 fully saturated rings. The lowest BCUT2D eigenvalue weighted by Gasteiger charge is -2.37. The molecule has 0 bridgehead atoms. The van der Waals surface area contributed by atoms with Crippen molar-refractivity contribution in [3.63, 3.8) is 0 Å². The zero-order valence-electron chi connectivity index (χ0n) is 14.4. The van der Waals surface area contributed by atoms with Gasteiger partial charge in [-0.3, -0.25) is 14.5 Å². The number of hydrogen-bond acceptors (Lipinski definition) is 5. The maximum atomic E-state index is 12.7. The van der Waals surface area contributed by atoms with Crippen LogP contribution in [-0.2, 0) is 9.59 Å². The topological polar surface area (TPSA) is 97.5 Å². The van der Waals surface area contributed by atoms with E-state index in [4.69, 9.17) is 10.5 Å².